The monoisotopic (exact) mass is 476 g/mol. The van der Waals surface area contributed by atoms with Gasteiger partial charge in [-0.1, -0.05) is 99.1 Å². The van der Waals surface area contributed by atoms with Gasteiger partial charge in [0.05, 0.1) is 17.8 Å². The first kappa shape index (κ1) is 23.5. The molecule has 0 saturated heterocycles. The molecule has 0 fully saturated rings. The number of fused-ring (bicyclic) bond motifs is 1. The Bertz CT molecular complexity index is 1560. The molecule has 1 aromatic heterocycles. The lowest BCUT2D eigenvalue weighted by Gasteiger charge is -2.24. The van der Waals surface area contributed by atoms with Gasteiger partial charge in [-0.2, -0.15) is 0 Å². The first-order chi connectivity index (χ1) is 17.2. The number of hydrogen-bond acceptors (Lipinski definition) is 3. The molecule has 2 amide bonds. The van der Waals surface area contributed by atoms with E-state index >= 15 is 0 Å². The number of amides is 2. The van der Waals surface area contributed by atoms with Gasteiger partial charge in [0.15, 0.2) is 0 Å². The molecule has 0 unspecified atom stereocenters. The number of hydrogen-bond donors (Lipinski definition) is 0. The van der Waals surface area contributed by atoms with E-state index in [4.69, 9.17) is 0 Å². The Morgan fingerprint density at radius 2 is 1.44 bits per heavy atom. The van der Waals surface area contributed by atoms with E-state index in [1.54, 1.807) is 0 Å². The molecule has 0 spiro atoms. The third-order valence-electron chi connectivity index (χ3n) is 6.59. The molecule has 3 aromatic carbocycles. The van der Waals surface area contributed by atoms with Gasteiger partial charge in [0.25, 0.3) is 17.4 Å². The Labute approximate surface area is 210 Å². The van der Waals surface area contributed by atoms with Crippen LogP contribution in [0, 0.1) is 6.92 Å². The van der Waals surface area contributed by atoms with Crippen LogP contribution in [0.15, 0.2) is 89.7 Å². The maximum absolute atomic E-state index is 13.9. The minimum atomic E-state index is -0.463. The zero-order valence-corrected chi connectivity index (χ0v) is 20.9. The Morgan fingerprint density at radius 3 is 2.14 bits per heavy atom. The fourth-order valence-electron chi connectivity index (χ4n) is 4.91. The highest BCUT2D eigenvalue weighted by Crippen LogP contribution is 2.35. The molecule has 5 heteroatoms. The van der Waals surface area contributed by atoms with Crippen molar-refractivity contribution in [2.45, 2.75) is 39.7 Å². The molecule has 1 aliphatic rings. The Balaban J connectivity index is 1.78. The van der Waals surface area contributed by atoms with Crippen molar-refractivity contribution in [1.82, 2.24) is 9.47 Å². The highest BCUT2D eigenvalue weighted by molar-refractivity contribution is 6.23. The largest absolute Gasteiger partial charge is 0.278 e. The second kappa shape index (κ2) is 8.76. The minimum Gasteiger partial charge on any atom is -0.271 e. The van der Waals surface area contributed by atoms with Crippen LogP contribution in [0.2, 0.25) is 0 Å². The molecular weight excluding hydrogens is 448 g/mol. The molecule has 0 saturated carbocycles. The van der Waals surface area contributed by atoms with Gasteiger partial charge >= 0.3 is 0 Å². The van der Waals surface area contributed by atoms with E-state index < -0.39 is 11.8 Å². The number of carbonyl (C=O) groups is 2. The van der Waals surface area contributed by atoms with Crippen LogP contribution < -0.4 is 5.56 Å². The summed E-state index contributed by atoms with van der Waals surface area (Å²) in [5.74, 6) is -0.854. The maximum atomic E-state index is 13.9. The van der Waals surface area contributed by atoms with Gasteiger partial charge in [0.1, 0.15) is 5.69 Å². The topological polar surface area (TPSA) is 59.4 Å². The van der Waals surface area contributed by atoms with Crippen LogP contribution in [0.25, 0.3) is 16.8 Å². The van der Waals surface area contributed by atoms with Crippen LogP contribution in [0.3, 0.4) is 0 Å². The number of carbonyl (C=O) groups excluding carboxylic acids is 2. The molecular formula is C31H28N2O3. The van der Waals surface area contributed by atoms with E-state index in [0.717, 1.165) is 22.3 Å². The highest BCUT2D eigenvalue weighted by Gasteiger charge is 2.41. The average molecular weight is 477 g/mol. The summed E-state index contributed by atoms with van der Waals surface area (Å²) >= 11 is 0. The van der Waals surface area contributed by atoms with Crippen molar-refractivity contribution in [2.75, 3.05) is 0 Å². The summed E-state index contributed by atoms with van der Waals surface area (Å²) in [6, 6.07) is 26.1. The molecule has 5 nitrogen and oxygen atoms in total. The van der Waals surface area contributed by atoms with Gasteiger partial charge in [-0.15, -0.1) is 0 Å². The molecule has 5 rings (SSSR count). The molecule has 1 aliphatic heterocycles. The van der Waals surface area contributed by atoms with Crippen molar-refractivity contribution in [3.63, 3.8) is 0 Å². The summed E-state index contributed by atoms with van der Waals surface area (Å²) in [6.07, 6.45) is 0. The third kappa shape index (κ3) is 3.97. The SMILES string of the molecule is Cc1cccc(CN2C(=O)c3c(-c4ccccc4)cc(=O)n(-c4ccccc4C(C)(C)C)c3C2=O)c1. The van der Waals surface area contributed by atoms with Gasteiger partial charge < -0.3 is 0 Å². The van der Waals surface area contributed by atoms with E-state index in [2.05, 4.69) is 20.8 Å². The molecule has 2 heterocycles. The molecule has 36 heavy (non-hydrogen) atoms. The van der Waals surface area contributed by atoms with E-state index in [1.165, 1.54) is 15.5 Å². The van der Waals surface area contributed by atoms with Gasteiger partial charge in [0, 0.05) is 11.6 Å². The first-order valence-corrected chi connectivity index (χ1v) is 12.0. The van der Waals surface area contributed by atoms with Crippen LogP contribution in [0.4, 0.5) is 0 Å². The van der Waals surface area contributed by atoms with Crippen LogP contribution in [0.5, 0.6) is 0 Å². The standard InChI is InChI=1S/C31H28N2O3/c1-20-11-10-12-21(17-20)19-32-29(35)27-23(22-13-6-5-7-14-22)18-26(34)33(28(27)30(32)36)25-16-9-8-15-24(25)31(2,3)4/h5-18H,19H2,1-4H3. The Hall–Kier alpha value is -4.25. The number of benzene rings is 3. The third-order valence-corrected chi connectivity index (χ3v) is 6.59. The number of imide groups is 1. The summed E-state index contributed by atoms with van der Waals surface area (Å²) in [5.41, 5.74) is 4.39. The molecule has 4 aromatic rings. The van der Waals surface area contributed by atoms with Crippen LogP contribution >= 0.6 is 0 Å². The van der Waals surface area contributed by atoms with Crippen molar-refractivity contribution in [1.29, 1.82) is 0 Å². The number of para-hydroxylation sites is 1. The zero-order chi connectivity index (χ0) is 25.6. The van der Waals surface area contributed by atoms with E-state index in [0.29, 0.717) is 11.3 Å². The summed E-state index contributed by atoms with van der Waals surface area (Å²) in [6.45, 7) is 8.29. The van der Waals surface area contributed by atoms with Gasteiger partial charge in [-0.25, -0.2) is 0 Å². The van der Waals surface area contributed by atoms with Crippen molar-refractivity contribution in [3.8, 4) is 16.8 Å². The number of aromatic nitrogens is 1. The second-order valence-corrected chi connectivity index (χ2v) is 10.3. The molecule has 0 aliphatic carbocycles. The lowest BCUT2D eigenvalue weighted by Crippen LogP contribution is -2.31. The zero-order valence-electron chi connectivity index (χ0n) is 20.9. The van der Waals surface area contributed by atoms with Gasteiger partial charge in [0.2, 0.25) is 0 Å². The van der Waals surface area contributed by atoms with E-state index in [-0.39, 0.29) is 28.8 Å². The van der Waals surface area contributed by atoms with Gasteiger partial charge in [-0.3, -0.25) is 23.9 Å². The summed E-state index contributed by atoms with van der Waals surface area (Å²) in [7, 11) is 0. The van der Waals surface area contributed by atoms with Gasteiger partial charge in [-0.05, 0) is 35.1 Å². The first-order valence-electron chi connectivity index (χ1n) is 12.0. The Kier molecular flexibility index (Phi) is 5.71. The lowest BCUT2D eigenvalue weighted by molar-refractivity contribution is 0.0639. The van der Waals surface area contributed by atoms with E-state index in [1.807, 2.05) is 85.8 Å². The lowest BCUT2D eigenvalue weighted by atomic mass is 9.85. The van der Waals surface area contributed by atoms with Crippen molar-refractivity contribution in [2.24, 2.45) is 0 Å². The van der Waals surface area contributed by atoms with Crippen LogP contribution in [-0.4, -0.2) is 21.3 Å². The summed E-state index contributed by atoms with van der Waals surface area (Å²) < 4.78 is 1.43. The van der Waals surface area contributed by atoms with Crippen molar-refractivity contribution < 1.29 is 9.59 Å². The fraction of sp³-hybridized carbons (Fsp3) is 0.194. The normalized spacial score (nSPS) is 13.3. The second-order valence-electron chi connectivity index (χ2n) is 10.3. The van der Waals surface area contributed by atoms with Crippen molar-refractivity contribution >= 4 is 11.8 Å². The van der Waals surface area contributed by atoms with E-state index in [9.17, 15) is 14.4 Å². The molecule has 0 N–H and O–H groups in total. The van der Waals surface area contributed by atoms with Crippen LogP contribution in [-0.2, 0) is 12.0 Å². The number of nitrogens with zero attached hydrogens (tertiary/aromatic N) is 2. The molecule has 0 bridgehead atoms. The summed E-state index contributed by atoms with van der Waals surface area (Å²) in [5, 5.41) is 0. The molecule has 180 valence electrons. The number of pyridine rings is 1. The molecule has 0 radical (unpaired) electrons. The predicted octanol–water partition coefficient (Wildman–Crippen LogP) is 5.91. The number of rotatable bonds is 4. The maximum Gasteiger partial charge on any atom is 0.278 e. The minimum absolute atomic E-state index is 0.121. The molecule has 0 atom stereocenters. The van der Waals surface area contributed by atoms with Crippen LogP contribution in [0.1, 0.15) is 58.3 Å². The summed E-state index contributed by atoms with van der Waals surface area (Å²) in [4.78, 5) is 42.7. The fourth-order valence-corrected chi connectivity index (χ4v) is 4.91. The van der Waals surface area contributed by atoms with Crippen molar-refractivity contribution in [3.05, 3.63) is 123 Å². The smallest absolute Gasteiger partial charge is 0.271 e. The number of aryl methyl sites for hydroxylation is 1. The Morgan fingerprint density at radius 1 is 0.750 bits per heavy atom. The predicted molar refractivity (Wildman–Crippen MR) is 142 cm³/mol. The average Bonchev–Trinajstić information content (AvgIpc) is 3.09. The highest BCUT2D eigenvalue weighted by atomic mass is 16.2. The quantitative estimate of drug-likeness (QED) is 0.344.